The minimum absolute atomic E-state index is 0.0104. The van der Waals surface area contributed by atoms with E-state index in [2.05, 4.69) is 9.88 Å². The molecule has 4 aromatic rings. The van der Waals surface area contributed by atoms with Crippen LogP contribution in [-0.2, 0) is 20.2 Å². The molecule has 5 rings (SSSR count). The van der Waals surface area contributed by atoms with E-state index in [0.717, 1.165) is 37.4 Å². The third-order valence-electron chi connectivity index (χ3n) is 7.67. The molecule has 1 N–H and O–H groups in total. The summed E-state index contributed by atoms with van der Waals surface area (Å²) in [4.78, 5) is 23.5. The number of aromatic nitrogens is 3. The summed E-state index contributed by atoms with van der Waals surface area (Å²) in [6.45, 7) is 4.64. The van der Waals surface area contributed by atoms with Crippen molar-refractivity contribution in [2.45, 2.75) is 51.4 Å². The van der Waals surface area contributed by atoms with E-state index >= 15 is 0 Å². The molecular formula is C32H33F2N5O4. The van der Waals surface area contributed by atoms with Gasteiger partial charge in [-0.2, -0.15) is 5.26 Å². The fourth-order valence-corrected chi connectivity index (χ4v) is 5.18. The number of fused-ring (bicyclic) bond motifs is 1. The van der Waals surface area contributed by atoms with Crippen LogP contribution in [0.15, 0.2) is 48.5 Å². The predicted octanol–water partition coefficient (Wildman–Crippen LogP) is 5.76. The standard InChI is InChI=1S/C32H33F2N5O4/c1-32(2,19-33)43-27-15-23(31(40)41)14-26-30(27)37-28(38(26)3)17-39-11-9-21(10-12-39)25-5-4-6-29(36-25)42-18-22-8-7-20(16-35)13-24(22)34/h4-8,13-15,21H,9-12,17-19H2,1-3H3,(H,40,41). The zero-order chi connectivity index (χ0) is 30.7. The summed E-state index contributed by atoms with van der Waals surface area (Å²) in [5, 5.41) is 18.6. The number of nitriles is 1. The summed E-state index contributed by atoms with van der Waals surface area (Å²) in [6.07, 6.45) is 1.74. The molecule has 1 aliphatic heterocycles. The van der Waals surface area contributed by atoms with Gasteiger partial charge in [0.15, 0.2) is 0 Å². The molecule has 1 saturated heterocycles. The molecule has 0 aliphatic carbocycles. The van der Waals surface area contributed by atoms with Gasteiger partial charge in [0, 0.05) is 30.3 Å². The molecular weight excluding hydrogens is 556 g/mol. The number of hydrogen-bond acceptors (Lipinski definition) is 7. The largest absolute Gasteiger partial charge is 0.483 e. The van der Waals surface area contributed by atoms with Crippen LogP contribution < -0.4 is 9.47 Å². The minimum atomic E-state index is -1.13. The van der Waals surface area contributed by atoms with Crippen LogP contribution in [0.2, 0.25) is 0 Å². The zero-order valence-electron chi connectivity index (χ0n) is 24.3. The maximum absolute atomic E-state index is 14.2. The fourth-order valence-electron chi connectivity index (χ4n) is 5.18. The molecule has 0 spiro atoms. The maximum Gasteiger partial charge on any atom is 0.335 e. The first-order valence-corrected chi connectivity index (χ1v) is 14.0. The van der Waals surface area contributed by atoms with Gasteiger partial charge in [-0.05, 0) is 70.1 Å². The van der Waals surface area contributed by atoms with E-state index in [1.807, 2.05) is 29.8 Å². The molecule has 2 aromatic carbocycles. The molecule has 0 saturated carbocycles. The van der Waals surface area contributed by atoms with Gasteiger partial charge in [0.25, 0.3) is 0 Å². The number of carboxylic acid groups (broad SMARTS) is 1. The quantitative estimate of drug-likeness (QED) is 0.248. The van der Waals surface area contributed by atoms with Crippen molar-refractivity contribution in [2.24, 2.45) is 7.05 Å². The van der Waals surface area contributed by atoms with E-state index in [1.54, 1.807) is 38.1 Å². The van der Waals surface area contributed by atoms with Gasteiger partial charge in [0.05, 0.1) is 29.3 Å². The lowest BCUT2D eigenvalue weighted by Gasteiger charge is -2.31. The number of alkyl halides is 1. The molecule has 0 atom stereocenters. The van der Waals surface area contributed by atoms with E-state index < -0.39 is 24.1 Å². The van der Waals surface area contributed by atoms with Crippen molar-refractivity contribution < 1.29 is 28.2 Å². The van der Waals surface area contributed by atoms with Crippen molar-refractivity contribution in [3.05, 3.63) is 82.6 Å². The van der Waals surface area contributed by atoms with Gasteiger partial charge in [-0.1, -0.05) is 12.1 Å². The number of likely N-dealkylation sites (tertiary alicyclic amines) is 1. The smallest absolute Gasteiger partial charge is 0.335 e. The van der Waals surface area contributed by atoms with Gasteiger partial charge in [0.2, 0.25) is 5.88 Å². The summed E-state index contributed by atoms with van der Waals surface area (Å²) in [5.41, 5.74) is 1.56. The fraction of sp³-hybridized carbons (Fsp3) is 0.375. The van der Waals surface area contributed by atoms with Gasteiger partial charge in [0.1, 0.15) is 41.8 Å². The summed E-state index contributed by atoms with van der Waals surface area (Å²) in [5.74, 6) is 0.0543. The van der Waals surface area contributed by atoms with Crippen molar-refractivity contribution in [3.63, 3.8) is 0 Å². The van der Waals surface area contributed by atoms with Crippen LogP contribution in [0.25, 0.3) is 11.0 Å². The number of carboxylic acids is 1. The molecule has 224 valence electrons. The number of ether oxygens (including phenoxy) is 2. The highest BCUT2D eigenvalue weighted by Gasteiger charge is 2.26. The van der Waals surface area contributed by atoms with Gasteiger partial charge in [-0.3, -0.25) is 4.90 Å². The van der Waals surface area contributed by atoms with E-state index in [9.17, 15) is 18.7 Å². The van der Waals surface area contributed by atoms with Gasteiger partial charge in [-0.15, -0.1) is 0 Å². The Morgan fingerprint density at radius 2 is 1.93 bits per heavy atom. The SMILES string of the molecule is Cn1c(CN2CCC(c3cccc(OCc4ccc(C#N)cc4F)n3)CC2)nc2c(OC(C)(C)CF)cc(C(=O)O)cc21. The van der Waals surface area contributed by atoms with Gasteiger partial charge in [-0.25, -0.2) is 23.5 Å². The molecule has 0 radical (unpaired) electrons. The Kier molecular flexibility index (Phi) is 8.59. The summed E-state index contributed by atoms with van der Waals surface area (Å²) in [6, 6.07) is 14.8. The molecule has 0 amide bonds. The molecule has 2 aromatic heterocycles. The van der Waals surface area contributed by atoms with Crippen LogP contribution in [0.5, 0.6) is 11.6 Å². The van der Waals surface area contributed by atoms with E-state index in [1.165, 1.54) is 12.1 Å². The topological polar surface area (TPSA) is 114 Å². The molecule has 11 heteroatoms. The first-order valence-electron chi connectivity index (χ1n) is 14.0. The Balaban J connectivity index is 1.25. The lowest BCUT2D eigenvalue weighted by molar-refractivity contribution is 0.0688. The van der Waals surface area contributed by atoms with Crippen LogP contribution in [0.1, 0.15) is 65.6 Å². The minimum Gasteiger partial charge on any atom is -0.483 e. The number of rotatable bonds is 10. The number of aryl methyl sites for hydroxylation is 1. The second kappa shape index (κ2) is 12.4. The Morgan fingerprint density at radius 1 is 1.16 bits per heavy atom. The molecule has 0 unspecified atom stereocenters. The number of halogens is 2. The highest BCUT2D eigenvalue weighted by Crippen LogP contribution is 2.33. The first kappa shape index (κ1) is 29.9. The maximum atomic E-state index is 14.2. The van der Waals surface area contributed by atoms with Crippen molar-refractivity contribution in [2.75, 3.05) is 19.8 Å². The number of nitrogens with zero attached hydrogens (tertiary/aromatic N) is 5. The number of hydrogen-bond donors (Lipinski definition) is 1. The van der Waals surface area contributed by atoms with Crippen molar-refractivity contribution >= 4 is 17.0 Å². The molecule has 1 fully saturated rings. The van der Waals surface area contributed by atoms with Crippen molar-refractivity contribution in [1.82, 2.24) is 19.4 Å². The number of aromatic carboxylic acids is 1. The number of carbonyl (C=O) groups is 1. The van der Waals surface area contributed by atoms with Crippen LogP contribution >= 0.6 is 0 Å². The average Bonchev–Trinajstić information content (AvgIpc) is 3.31. The number of imidazole rings is 1. The zero-order valence-corrected chi connectivity index (χ0v) is 24.3. The second-order valence-electron chi connectivity index (χ2n) is 11.4. The van der Waals surface area contributed by atoms with Crippen LogP contribution in [0.4, 0.5) is 8.78 Å². The monoisotopic (exact) mass is 589 g/mol. The van der Waals surface area contributed by atoms with Crippen molar-refractivity contribution in [3.8, 4) is 17.7 Å². The van der Waals surface area contributed by atoms with Gasteiger partial charge < -0.3 is 19.1 Å². The van der Waals surface area contributed by atoms with Crippen LogP contribution in [0.3, 0.4) is 0 Å². The molecule has 0 bridgehead atoms. The highest BCUT2D eigenvalue weighted by atomic mass is 19.1. The van der Waals surface area contributed by atoms with Crippen LogP contribution in [-0.4, -0.2) is 55.9 Å². The molecule has 43 heavy (non-hydrogen) atoms. The second-order valence-corrected chi connectivity index (χ2v) is 11.4. The van der Waals surface area contributed by atoms with E-state index in [0.29, 0.717) is 29.0 Å². The third-order valence-corrected chi connectivity index (χ3v) is 7.67. The van der Waals surface area contributed by atoms with E-state index in [4.69, 9.17) is 19.7 Å². The summed E-state index contributed by atoms with van der Waals surface area (Å²) in [7, 11) is 1.84. The molecule has 9 nitrogen and oxygen atoms in total. The van der Waals surface area contributed by atoms with E-state index in [-0.39, 0.29) is 29.4 Å². The number of pyridine rings is 1. The normalized spacial score (nSPS) is 14.5. The van der Waals surface area contributed by atoms with Gasteiger partial charge >= 0.3 is 5.97 Å². The Morgan fingerprint density at radius 3 is 2.60 bits per heavy atom. The summed E-state index contributed by atoms with van der Waals surface area (Å²) < 4.78 is 41.3. The lowest BCUT2D eigenvalue weighted by atomic mass is 9.93. The number of benzene rings is 2. The van der Waals surface area contributed by atoms with Crippen LogP contribution in [0, 0.1) is 17.1 Å². The highest BCUT2D eigenvalue weighted by molar-refractivity contribution is 5.95. The Hall–Kier alpha value is -4.56. The molecule has 3 heterocycles. The summed E-state index contributed by atoms with van der Waals surface area (Å²) >= 11 is 0. The Labute approximate surface area is 248 Å². The molecule has 1 aliphatic rings. The number of piperidine rings is 1. The average molecular weight is 590 g/mol. The predicted molar refractivity (Wildman–Crippen MR) is 155 cm³/mol. The Bertz CT molecular complexity index is 1690. The van der Waals surface area contributed by atoms with Crippen molar-refractivity contribution in [1.29, 1.82) is 5.26 Å². The third kappa shape index (κ3) is 6.75. The lowest BCUT2D eigenvalue weighted by Crippen LogP contribution is -2.33. The first-order chi connectivity index (χ1) is 20.6.